The number of carboxylic acids is 1. The van der Waals surface area contributed by atoms with Crippen LogP contribution in [0.3, 0.4) is 0 Å². The Hall–Kier alpha value is -1.42. The van der Waals surface area contributed by atoms with Crippen molar-refractivity contribution in [2.45, 2.75) is 19.4 Å². The predicted octanol–water partition coefficient (Wildman–Crippen LogP) is 0.898. The van der Waals surface area contributed by atoms with Crippen molar-refractivity contribution in [1.82, 2.24) is 4.98 Å². The third-order valence-corrected chi connectivity index (χ3v) is 1.77. The van der Waals surface area contributed by atoms with Crippen LogP contribution in [0.1, 0.15) is 23.8 Å². The summed E-state index contributed by atoms with van der Waals surface area (Å²) in [5, 5.41) is 17.9. The second kappa shape index (κ2) is 4.00. The number of carboxylic acid groups (broad SMARTS) is 1. The number of nitrogens with zero attached hydrogens (tertiary/aromatic N) is 1. The van der Waals surface area contributed by atoms with Crippen LogP contribution in [0.25, 0.3) is 0 Å². The number of aryl methyl sites for hydroxylation is 1. The highest BCUT2D eigenvalue weighted by Crippen LogP contribution is 2.18. The molecule has 0 bridgehead atoms. The quantitative estimate of drug-likeness (QED) is 0.726. The molecule has 0 aliphatic carbocycles. The normalized spacial score (nSPS) is 12.5. The molecule has 1 unspecified atom stereocenters. The second-order valence-corrected chi connectivity index (χ2v) is 2.79. The van der Waals surface area contributed by atoms with Crippen molar-refractivity contribution < 1.29 is 15.0 Å². The summed E-state index contributed by atoms with van der Waals surface area (Å²) >= 11 is 0. The van der Waals surface area contributed by atoms with Gasteiger partial charge in [0.2, 0.25) is 0 Å². The molecule has 0 saturated carbocycles. The summed E-state index contributed by atoms with van der Waals surface area (Å²) < 4.78 is 0. The lowest BCUT2D eigenvalue weighted by atomic mass is 10.1. The third-order valence-electron chi connectivity index (χ3n) is 1.77. The van der Waals surface area contributed by atoms with Gasteiger partial charge in [0.1, 0.15) is 0 Å². The molecule has 1 aromatic heterocycles. The van der Waals surface area contributed by atoms with Crippen molar-refractivity contribution in [2.24, 2.45) is 0 Å². The highest BCUT2D eigenvalue weighted by Gasteiger charge is 2.13. The number of aliphatic hydroxyl groups is 1. The Labute approximate surface area is 75.9 Å². The predicted molar refractivity (Wildman–Crippen MR) is 46.2 cm³/mol. The number of aliphatic carboxylic acids is 1. The maximum absolute atomic E-state index is 10.3. The van der Waals surface area contributed by atoms with Crippen molar-refractivity contribution in [1.29, 1.82) is 0 Å². The Bertz CT molecular complexity index is 311. The van der Waals surface area contributed by atoms with Crippen LogP contribution in [-0.4, -0.2) is 21.2 Å². The van der Waals surface area contributed by atoms with E-state index >= 15 is 0 Å². The van der Waals surface area contributed by atoms with E-state index in [-0.39, 0.29) is 6.42 Å². The minimum atomic E-state index is -1.02. The molecule has 1 aromatic rings. The average molecular weight is 181 g/mol. The van der Waals surface area contributed by atoms with Crippen molar-refractivity contribution >= 4 is 5.97 Å². The fourth-order valence-corrected chi connectivity index (χ4v) is 1.12. The number of carbonyl (C=O) groups is 1. The molecule has 0 radical (unpaired) electrons. The summed E-state index contributed by atoms with van der Waals surface area (Å²) in [5.74, 6) is -1.02. The highest BCUT2D eigenvalue weighted by atomic mass is 16.4. The number of aliphatic hydroxyl groups excluding tert-OH is 1. The average Bonchev–Trinajstić information content (AvgIpc) is 2.03. The lowest BCUT2D eigenvalue weighted by Crippen LogP contribution is -2.07. The summed E-state index contributed by atoms with van der Waals surface area (Å²) in [6, 6.07) is 3.35. The van der Waals surface area contributed by atoms with Gasteiger partial charge in [-0.05, 0) is 13.0 Å². The second-order valence-electron chi connectivity index (χ2n) is 2.79. The van der Waals surface area contributed by atoms with Gasteiger partial charge >= 0.3 is 5.97 Å². The van der Waals surface area contributed by atoms with E-state index in [0.29, 0.717) is 11.3 Å². The fourth-order valence-electron chi connectivity index (χ4n) is 1.12. The molecule has 4 nitrogen and oxygen atoms in total. The van der Waals surface area contributed by atoms with Crippen molar-refractivity contribution in [3.05, 3.63) is 29.6 Å². The molecule has 0 saturated heterocycles. The molecule has 0 amide bonds. The molecular formula is C9H11NO3. The number of pyridine rings is 1. The largest absolute Gasteiger partial charge is 0.481 e. The monoisotopic (exact) mass is 181 g/mol. The van der Waals surface area contributed by atoms with Gasteiger partial charge in [0.25, 0.3) is 0 Å². The SMILES string of the molecule is Cc1ncccc1C(O)CC(=O)O. The van der Waals surface area contributed by atoms with Crippen LogP contribution in [0.4, 0.5) is 0 Å². The Morgan fingerprint density at radius 2 is 2.38 bits per heavy atom. The van der Waals surface area contributed by atoms with Gasteiger partial charge in [-0.15, -0.1) is 0 Å². The summed E-state index contributed by atoms with van der Waals surface area (Å²) in [7, 11) is 0. The van der Waals surface area contributed by atoms with Crippen LogP contribution in [0, 0.1) is 6.92 Å². The van der Waals surface area contributed by atoms with E-state index in [4.69, 9.17) is 5.11 Å². The van der Waals surface area contributed by atoms with Crippen LogP contribution in [0.2, 0.25) is 0 Å². The number of aromatic nitrogens is 1. The molecule has 0 spiro atoms. The first kappa shape index (κ1) is 9.67. The van der Waals surface area contributed by atoms with Gasteiger partial charge in [-0.25, -0.2) is 0 Å². The van der Waals surface area contributed by atoms with Gasteiger partial charge in [-0.1, -0.05) is 6.07 Å². The summed E-state index contributed by atoms with van der Waals surface area (Å²) in [6.07, 6.45) is 0.352. The maximum atomic E-state index is 10.3. The van der Waals surface area contributed by atoms with Crippen molar-refractivity contribution in [3.8, 4) is 0 Å². The van der Waals surface area contributed by atoms with E-state index in [9.17, 15) is 9.90 Å². The number of hydrogen-bond donors (Lipinski definition) is 2. The first-order chi connectivity index (χ1) is 6.11. The van der Waals surface area contributed by atoms with Gasteiger partial charge in [0.05, 0.1) is 12.5 Å². The van der Waals surface area contributed by atoms with E-state index < -0.39 is 12.1 Å². The van der Waals surface area contributed by atoms with Crippen LogP contribution in [0.5, 0.6) is 0 Å². The molecule has 0 aliphatic heterocycles. The van der Waals surface area contributed by atoms with Crippen molar-refractivity contribution in [3.63, 3.8) is 0 Å². The van der Waals surface area contributed by atoms with E-state index in [2.05, 4.69) is 4.98 Å². The molecule has 1 heterocycles. The maximum Gasteiger partial charge on any atom is 0.306 e. The molecule has 70 valence electrons. The molecule has 4 heteroatoms. The minimum Gasteiger partial charge on any atom is -0.481 e. The topological polar surface area (TPSA) is 70.4 Å². The Morgan fingerprint density at radius 1 is 1.69 bits per heavy atom. The molecule has 0 aliphatic rings. The van der Waals surface area contributed by atoms with Crippen LogP contribution >= 0.6 is 0 Å². The van der Waals surface area contributed by atoms with Crippen LogP contribution in [0.15, 0.2) is 18.3 Å². The lowest BCUT2D eigenvalue weighted by Gasteiger charge is -2.09. The van der Waals surface area contributed by atoms with Gasteiger partial charge < -0.3 is 10.2 Å². The minimum absolute atomic E-state index is 0.285. The first-order valence-corrected chi connectivity index (χ1v) is 3.92. The zero-order chi connectivity index (χ0) is 9.84. The smallest absolute Gasteiger partial charge is 0.306 e. The standard InChI is InChI=1S/C9H11NO3/c1-6-7(3-2-4-10-6)8(11)5-9(12)13/h2-4,8,11H,5H2,1H3,(H,12,13). The van der Waals surface area contributed by atoms with E-state index in [1.807, 2.05) is 0 Å². The molecule has 1 atom stereocenters. The van der Waals surface area contributed by atoms with Gasteiger partial charge in [-0.2, -0.15) is 0 Å². The van der Waals surface area contributed by atoms with Crippen LogP contribution < -0.4 is 0 Å². The number of rotatable bonds is 3. The zero-order valence-corrected chi connectivity index (χ0v) is 7.27. The Balaban J connectivity index is 2.82. The lowest BCUT2D eigenvalue weighted by molar-refractivity contribution is -0.139. The van der Waals surface area contributed by atoms with E-state index in [1.54, 1.807) is 25.3 Å². The number of hydrogen-bond acceptors (Lipinski definition) is 3. The molecule has 0 fully saturated rings. The van der Waals surface area contributed by atoms with Gasteiger partial charge in [0, 0.05) is 17.5 Å². The molecular weight excluding hydrogens is 170 g/mol. The summed E-state index contributed by atoms with van der Waals surface area (Å²) in [4.78, 5) is 14.3. The molecule has 1 rings (SSSR count). The highest BCUT2D eigenvalue weighted by molar-refractivity contribution is 5.67. The Morgan fingerprint density at radius 3 is 2.92 bits per heavy atom. The van der Waals surface area contributed by atoms with E-state index in [1.165, 1.54) is 0 Å². The first-order valence-electron chi connectivity index (χ1n) is 3.92. The Kier molecular flexibility index (Phi) is 2.97. The third kappa shape index (κ3) is 2.52. The van der Waals surface area contributed by atoms with Gasteiger partial charge in [0.15, 0.2) is 0 Å². The molecule has 0 aromatic carbocycles. The summed E-state index contributed by atoms with van der Waals surface area (Å²) in [5.41, 5.74) is 1.24. The van der Waals surface area contributed by atoms with Crippen LogP contribution in [-0.2, 0) is 4.79 Å². The fraction of sp³-hybridized carbons (Fsp3) is 0.333. The van der Waals surface area contributed by atoms with E-state index in [0.717, 1.165) is 0 Å². The molecule has 2 N–H and O–H groups in total. The van der Waals surface area contributed by atoms with Crippen molar-refractivity contribution in [2.75, 3.05) is 0 Å². The summed E-state index contributed by atoms with van der Waals surface area (Å²) in [6.45, 7) is 1.74. The molecule has 13 heavy (non-hydrogen) atoms. The van der Waals surface area contributed by atoms with Gasteiger partial charge in [-0.3, -0.25) is 9.78 Å². The zero-order valence-electron chi connectivity index (χ0n) is 7.27.